The molecule has 1 aromatic carbocycles. The number of hydrogen-bond donors (Lipinski definition) is 2. The van der Waals surface area contributed by atoms with E-state index in [2.05, 4.69) is 20.0 Å². The Labute approximate surface area is 135 Å². The lowest BCUT2D eigenvalue weighted by molar-refractivity contribution is 0.0953. The SMILES string of the molecule is Cc1ncncc1C(=O)NCCNS(=O)(=O)Cc1ccccc1. The van der Waals surface area contributed by atoms with Crippen LogP contribution in [0.5, 0.6) is 0 Å². The van der Waals surface area contributed by atoms with E-state index >= 15 is 0 Å². The fourth-order valence-electron chi connectivity index (χ4n) is 1.94. The number of aromatic nitrogens is 2. The molecule has 0 spiro atoms. The van der Waals surface area contributed by atoms with E-state index in [4.69, 9.17) is 0 Å². The normalized spacial score (nSPS) is 11.2. The van der Waals surface area contributed by atoms with Crippen molar-refractivity contribution in [1.29, 1.82) is 0 Å². The lowest BCUT2D eigenvalue weighted by Crippen LogP contribution is -2.35. The molecule has 1 amide bonds. The molecule has 0 fully saturated rings. The Morgan fingerprint density at radius 1 is 1.17 bits per heavy atom. The van der Waals surface area contributed by atoms with E-state index in [0.29, 0.717) is 16.8 Å². The van der Waals surface area contributed by atoms with Crippen molar-refractivity contribution in [2.24, 2.45) is 0 Å². The number of benzene rings is 1. The average molecular weight is 334 g/mol. The van der Waals surface area contributed by atoms with E-state index in [9.17, 15) is 13.2 Å². The molecule has 0 radical (unpaired) electrons. The van der Waals surface area contributed by atoms with E-state index < -0.39 is 10.0 Å². The van der Waals surface area contributed by atoms with Crippen molar-refractivity contribution >= 4 is 15.9 Å². The third kappa shape index (κ3) is 5.42. The molecule has 122 valence electrons. The number of aryl methyl sites for hydroxylation is 1. The molecular weight excluding hydrogens is 316 g/mol. The van der Waals surface area contributed by atoms with Gasteiger partial charge in [-0.25, -0.2) is 23.1 Å². The molecule has 0 saturated heterocycles. The number of carbonyl (C=O) groups excluding carboxylic acids is 1. The van der Waals surface area contributed by atoms with Crippen LogP contribution in [-0.4, -0.2) is 37.4 Å². The smallest absolute Gasteiger partial charge is 0.254 e. The largest absolute Gasteiger partial charge is 0.351 e. The Morgan fingerprint density at radius 2 is 1.91 bits per heavy atom. The minimum absolute atomic E-state index is 0.0899. The van der Waals surface area contributed by atoms with Gasteiger partial charge in [-0.1, -0.05) is 30.3 Å². The third-order valence-electron chi connectivity index (χ3n) is 3.09. The fourth-order valence-corrected chi connectivity index (χ4v) is 3.08. The van der Waals surface area contributed by atoms with Gasteiger partial charge in [-0.05, 0) is 12.5 Å². The van der Waals surface area contributed by atoms with E-state index in [1.54, 1.807) is 31.2 Å². The van der Waals surface area contributed by atoms with Crippen molar-refractivity contribution in [1.82, 2.24) is 20.0 Å². The zero-order valence-electron chi connectivity index (χ0n) is 12.7. The lowest BCUT2D eigenvalue weighted by Gasteiger charge is -2.09. The topological polar surface area (TPSA) is 101 Å². The van der Waals surface area contributed by atoms with Crippen LogP contribution in [0.3, 0.4) is 0 Å². The summed E-state index contributed by atoms with van der Waals surface area (Å²) in [6.07, 6.45) is 2.79. The van der Waals surface area contributed by atoms with Gasteiger partial charge in [0.1, 0.15) is 6.33 Å². The number of hydrogen-bond acceptors (Lipinski definition) is 5. The van der Waals surface area contributed by atoms with Gasteiger partial charge in [-0.2, -0.15) is 0 Å². The number of nitrogens with zero attached hydrogens (tertiary/aromatic N) is 2. The summed E-state index contributed by atoms with van der Waals surface area (Å²) in [6.45, 7) is 2.01. The van der Waals surface area contributed by atoms with Gasteiger partial charge < -0.3 is 5.32 Å². The van der Waals surface area contributed by atoms with E-state index in [1.165, 1.54) is 12.5 Å². The Morgan fingerprint density at radius 3 is 2.61 bits per heavy atom. The molecule has 7 nitrogen and oxygen atoms in total. The van der Waals surface area contributed by atoms with Crippen molar-refractivity contribution in [3.05, 3.63) is 59.7 Å². The molecule has 1 heterocycles. The number of nitrogens with one attached hydrogen (secondary N) is 2. The molecule has 0 aliphatic heterocycles. The van der Waals surface area contributed by atoms with Crippen LogP contribution in [0, 0.1) is 6.92 Å². The van der Waals surface area contributed by atoms with Crippen LogP contribution in [0.25, 0.3) is 0 Å². The minimum atomic E-state index is -3.43. The molecule has 23 heavy (non-hydrogen) atoms. The molecule has 0 saturated carbocycles. The first-order valence-corrected chi connectivity index (χ1v) is 8.69. The molecule has 0 bridgehead atoms. The fraction of sp³-hybridized carbons (Fsp3) is 0.267. The number of sulfonamides is 1. The van der Waals surface area contributed by atoms with Gasteiger partial charge in [-0.15, -0.1) is 0 Å². The predicted octanol–water partition coefficient (Wildman–Crippen LogP) is 0.634. The zero-order valence-corrected chi connectivity index (χ0v) is 13.5. The highest BCUT2D eigenvalue weighted by atomic mass is 32.2. The number of rotatable bonds is 7. The summed E-state index contributed by atoms with van der Waals surface area (Å²) in [5.74, 6) is -0.418. The molecule has 0 aliphatic rings. The maximum Gasteiger partial charge on any atom is 0.254 e. The van der Waals surface area contributed by atoms with Gasteiger partial charge in [-0.3, -0.25) is 4.79 Å². The number of amides is 1. The van der Waals surface area contributed by atoms with Crippen LogP contribution in [0.15, 0.2) is 42.9 Å². The molecule has 0 atom stereocenters. The van der Waals surface area contributed by atoms with Crippen LogP contribution >= 0.6 is 0 Å². The molecule has 2 aromatic rings. The molecule has 1 aromatic heterocycles. The van der Waals surface area contributed by atoms with E-state index in [1.807, 2.05) is 6.07 Å². The highest BCUT2D eigenvalue weighted by molar-refractivity contribution is 7.88. The lowest BCUT2D eigenvalue weighted by atomic mass is 10.2. The summed E-state index contributed by atoms with van der Waals surface area (Å²) >= 11 is 0. The first-order chi connectivity index (χ1) is 11.0. The average Bonchev–Trinajstić information content (AvgIpc) is 2.52. The summed E-state index contributed by atoms with van der Waals surface area (Å²) in [7, 11) is -3.43. The van der Waals surface area contributed by atoms with E-state index in [-0.39, 0.29) is 24.7 Å². The molecule has 2 rings (SSSR count). The summed E-state index contributed by atoms with van der Waals surface area (Å²) in [5, 5.41) is 2.63. The highest BCUT2D eigenvalue weighted by Crippen LogP contribution is 2.03. The molecule has 0 unspecified atom stereocenters. The quantitative estimate of drug-likeness (QED) is 0.724. The van der Waals surface area contributed by atoms with Crippen LogP contribution in [-0.2, 0) is 15.8 Å². The van der Waals surface area contributed by atoms with Crippen molar-refractivity contribution in [2.75, 3.05) is 13.1 Å². The van der Waals surface area contributed by atoms with Crippen LogP contribution in [0.1, 0.15) is 21.6 Å². The number of carbonyl (C=O) groups is 1. The third-order valence-corrected chi connectivity index (χ3v) is 4.45. The Kier molecular flexibility index (Phi) is 5.78. The molecule has 8 heteroatoms. The molecule has 2 N–H and O–H groups in total. The van der Waals surface area contributed by atoms with Gasteiger partial charge >= 0.3 is 0 Å². The standard InChI is InChI=1S/C15H18N4O3S/c1-12-14(9-16-11-18-12)15(20)17-7-8-19-23(21,22)10-13-5-3-2-4-6-13/h2-6,9,11,19H,7-8,10H2,1H3,(H,17,20). The van der Waals surface area contributed by atoms with Gasteiger partial charge in [0.2, 0.25) is 10.0 Å². The summed E-state index contributed by atoms with van der Waals surface area (Å²) in [5.41, 5.74) is 1.66. The first-order valence-electron chi connectivity index (χ1n) is 7.04. The Balaban J connectivity index is 1.79. The summed E-state index contributed by atoms with van der Waals surface area (Å²) < 4.78 is 26.3. The van der Waals surface area contributed by atoms with Crippen molar-refractivity contribution in [3.8, 4) is 0 Å². The summed E-state index contributed by atoms with van der Waals surface area (Å²) in [4.78, 5) is 19.6. The minimum Gasteiger partial charge on any atom is -0.351 e. The second-order valence-corrected chi connectivity index (χ2v) is 6.72. The van der Waals surface area contributed by atoms with Crippen LogP contribution in [0.4, 0.5) is 0 Å². The monoisotopic (exact) mass is 334 g/mol. The van der Waals surface area contributed by atoms with E-state index in [0.717, 1.165) is 0 Å². The molecule has 0 aliphatic carbocycles. The van der Waals surface area contributed by atoms with Crippen molar-refractivity contribution < 1.29 is 13.2 Å². The van der Waals surface area contributed by atoms with Crippen molar-refractivity contribution in [3.63, 3.8) is 0 Å². The summed E-state index contributed by atoms with van der Waals surface area (Å²) in [6, 6.07) is 8.90. The Bertz CT molecular complexity index is 763. The van der Waals surface area contributed by atoms with Gasteiger partial charge in [0.15, 0.2) is 0 Å². The van der Waals surface area contributed by atoms with Crippen LogP contribution < -0.4 is 10.0 Å². The second kappa shape index (κ2) is 7.80. The highest BCUT2D eigenvalue weighted by Gasteiger charge is 2.12. The first kappa shape index (κ1) is 17.0. The molecular formula is C15H18N4O3S. The maximum atomic E-state index is 11.9. The van der Waals surface area contributed by atoms with Crippen molar-refractivity contribution in [2.45, 2.75) is 12.7 Å². The van der Waals surface area contributed by atoms with Gasteiger partial charge in [0.05, 0.1) is 17.0 Å². The zero-order chi connectivity index (χ0) is 16.7. The Hall–Kier alpha value is -2.32. The second-order valence-electron chi connectivity index (χ2n) is 4.92. The maximum absolute atomic E-state index is 11.9. The van der Waals surface area contributed by atoms with Gasteiger partial charge in [0, 0.05) is 19.3 Å². The van der Waals surface area contributed by atoms with Gasteiger partial charge in [0.25, 0.3) is 5.91 Å². The predicted molar refractivity (Wildman–Crippen MR) is 86.2 cm³/mol. The van der Waals surface area contributed by atoms with Crippen LogP contribution in [0.2, 0.25) is 0 Å².